The highest BCUT2D eigenvalue weighted by molar-refractivity contribution is 6.05. The third-order valence-electron chi connectivity index (χ3n) is 4.39. The fourth-order valence-corrected chi connectivity index (χ4v) is 3.54. The second-order valence-corrected chi connectivity index (χ2v) is 6.69. The van der Waals surface area contributed by atoms with Crippen molar-refractivity contribution in [2.24, 2.45) is 7.05 Å². The van der Waals surface area contributed by atoms with E-state index in [-0.39, 0.29) is 5.56 Å². The van der Waals surface area contributed by atoms with E-state index >= 15 is 0 Å². The Morgan fingerprint density at radius 2 is 1.82 bits per heavy atom. The lowest BCUT2D eigenvalue weighted by molar-refractivity contribution is 0.723. The zero-order valence-corrected chi connectivity index (χ0v) is 14.1. The van der Waals surface area contributed by atoms with Gasteiger partial charge in [0.15, 0.2) is 0 Å². The second-order valence-electron chi connectivity index (χ2n) is 6.69. The van der Waals surface area contributed by atoms with Crippen LogP contribution in [0.1, 0.15) is 56.6 Å². The summed E-state index contributed by atoms with van der Waals surface area (Å²) in [5.74, 6) is 1.68. The van der Waals surface area contributed by atoms with Crippen molar-refractivity contribution in [2.75, 3.05) is 0 Å². The van der Waals surface area contributed by atoms with Gasteiger partial charge in [-0.25, -0.2) is 4.98 Å². The quantitative estimate of drug-likeness (QED) is 0.778. The number of fused-ring (bicyclic) bond motifs is 3. The van der Waals surface area contributed by atoms with Gasteiger partial charge in [0.05, 0.1) is 16.4 Å². The molecule has 0 saturated heterocycles. The van der Waals surface area contributed by atoms with Gasteiger partial charge < -0.3 is 9.55 Å². The lowest BCUT2D eigenvalue weighted by Crippen LogP contribution is -2.13. The average molecular weight is 297 g/mol. The van der Waals surface area contributed by atoms with Crippen LogP contribution >= 0.6 is 0 Å². The molecule has 2 aromatic heterocycles. The first-order chi connectivity index (χ1) is 10.3. The summed E-state index contributed by atoms with van der Waals surface area (Å²) >= 11 is 0. The lowest BCUT2D eigenvalue weighted by atomic mass is 9.95. The topological polar surface area (TPSA) is 50.7 Å². The molecule has 22 heavy (non-hydrogen) atoms. The maximum absolute atomic E-state index is 12.6. The molecule has 0 aliphatic heterocycles. The zero-order chi connectivity index (χ0) is 16.2. The van der Waals surface area contributed by atoms with Gasteiger partial charge in [0.25, 0.3) is 5.56 Å². The van der Waals surface area contributed by atoms with Crippen LogP contribution < -0.4 is 5.56 Å². The number of benzene rings is 1. The molecule has 1 N–H and O–H groups in total. The van der Waals surface area contributed by atoms with Gasteiger partial charge in [-0.1, -0.05) is 33.8 Å². The van der Waals surface area contributed by atoms with Gasteiger partial charge in [-0.05, 0) is 29.9 Å². The van der Waals surface area contributed by atoms with Crippen LogP contribution in [0.5, 0.6) is 0 Å². The number of aryl methyl sites for hydroxylation is 2. The van der Waals surface area contributed by atoms with Gasteiger partial charge in [-0.2, -0.15) is 0 Å². The first kappa shape index (κ1) is 14.8. The van der Waals surface area contributed by atoms with Gasteiger partial charge in [-0.15, -0.1) is 0 Å². The molecule has 0 radical (unpaired) electrons. The minimum absolute atomic E-state index is 0.0270. The number of hydrogen-bond acceptors (Lipinski definition) is 2. The van der Waals surface area contributed by atoms with Crippen LogP contribution in [-0.2, 0) is 7.05 Å². The maximum atomic E-state index is 12.6. The Bertz CT molecular complexity index is 929. The molecule has 3 aromatic rings. The fraction of sp³-hybridized carbons (Fsp3) is 0.444. The molecule has 1 aromatic carbocycles. The number of pyridine rings is 1. The molecule has 2 heterocycles. The highest BCUT2D eigenvalue weighted by atomic mass is 16.1. The predicted molar refractivity (Wildman–Crippen MR) is 91.8 cm³/mol. The number of H-pyrrole nitrogens is 1. The minimum Gasteiger partial charge on any atom is -0.330 e. The van der Waals surface area contributed by atoms with Gasteiger partial charge in [0.1, 0.15) is 5.82 Å². The summed E-state index contributed by atoms with van der Waals surface area (Å²) in [4.78, 5) is 20.4. The second kappa shape index (κ2) is 4.97. The van der Waals surface area contributed by atoms with E-state index in [0.717, 1.165) is 33.3 Å². The minimum atomic E-state index is -0.0270. The van der Waals surface area contributed by atoms with Crippen molar-refractivity contribution in [1.29, 1.82) is 0 Å². The Morgan fingerprint density at radius 1 is 1.14 bits per heavy atom. The molecule has 0 aliphatic rings. The predicted octanol–water partition coefficient (Wildman–Crippen LogP) is 3.97. The molecule has 0 spiro atoms. The first-order valence-electron chi connectivity index (χ1n) is 7.84. The number of nitrogens with one attached hydrogen (secondary N) is 1. The van der Waals surface area contributed by atoms with Crippen molar-refractivity contribution in [3.63, 3.8) is 0 Å². The van der Waals surface area contributed by atoms with Crippen molar-refractivity contribution in [2.45, 2.75) is 46.5 Å². The molecule has 3 rings (SSSR count). The number of hydrogen-bond donors (Lipinski definition) is 1. The zero-order valence-electron chi connectivity index (χ0n) is 14.1. The summed E-state index contributed by atoms with van der Waals surface area (Å²) in [6.07, 6.45) is 0. The Hall–Kier alpha value is -2.10. The van der Waals surface area contributed by atoms with Crippen LogP contribution in [0.3, 0.4) is 0 Å². The smallest absolute Gasteiger partial charge is 0.258 e. The highest BCUT2D eigenvalue weighted by Crippen LogP contribution is 2.31. The molecule has 4 heteroatoms. The van der Waals surface area contributed by atoms with Crippen molar-refractivity contribution in [1.82, 2.24) is 14.5 Å². The number of nitrogens with zero attached hydrogens (tertiary/aromatic N) is 2. The van der Waals surface area contributed by atoms with Crippen LogP contribution in [0.15, 0.2) is 16.9 Å². The molecule has 0 bridgehead atoms. The van der Waals surface area contributed by atoms with Gasteiger partial charge in [0, 0.05) is 18.7 Å². The van der Waals surface area contributed by atoms with E-state index < -0.39 is 0 Å². The van der Waals surface area contributed by atoms with E-state index in [4.69, 9.17) is 4.98 Å². The van der Waals surface area contributed by atoms with E-state index in [0.29, 0.717) is 11.8 Å². The Kier molecular flexibility index (Phi) is 3.35. The highest BCUT2D eigenvalue weighted by Gasteiger charge is 2.18. The number of rotatable bonds is 2. The number of aromatic amines is 1. The van der Waals surface area contributed by atoms with Gasteiger partial charge >= 0.3 is 0 Å². The lowest BCUT2D eigenvalue weighted by Gasteiger charge is -2.14. The van der Waals surface area contributed by atoms with Crippen molar-refractivity contribution in [3.8, 4) is 0 Å². The summed E-state index contributed by atoms with van der Waals surface area (Å²) in [7, 11) is 2.00. The molecule has 0 saturated carbocycles. The molecule has 0 unspecified atom stereocenters. The largest absolute Gasteiger partial charge is 0.330 e. The summed E-state index contributed by atoms with van der Waals surface area (Å²) < 4.78 is 2.07. The average Bonchev–Trinajstić information content (AvgIpc) is 2.75. The molecule has 0 fully saturated rings. The molecule has 0 aliphatic carbocycles. The molecule has 0 amide bonds. The van der Waals surface area contributed by atoms with Gasteiger partial charge in [-0.3, -0.25) is 4.79 Å². The van der Waals surface area contributed by atoms with Crippen LogP contribution in [-0.4, -0.2) is 14.5 Å². The summed E-state index contributed by atoms with van der Waals surface area (Å²) in [6, 6.07) is 4.08. The fourth-order valence-electron chi connectivity index (χ4n) is 3.54. The standard InChI is InChI=1S/C18H23N3O/c1-9(2)14-11(5)19-18(22)15-12(14)7-8-13-16(15)21(6)17(20-13)10(3)4/h7-10H,1-6H3,(H,19,22). The number of imidazole rings is 1. The first-order valence-corrected chi connectivity index (χ1v) is 7.84. The Labute approximate surface area is 130 Å². The SMILES string of the molecule is Cc1[nH]c(=O)c2c(ccc3nc(C(C)C)n(C)c32)c1C(C)C. The third kappa shape index (κ3) is 1.97. The van der Waals surface area contributed by atoms with Gasteiger partial charge in [0.2, 0.25) is 0 Å². The normalized spacial score (nSPS) is 12.2. The third-order valence-corrected chi connectivity index (χ3v) is 4.39. The van der Waals surface area contributed by atoms with E-state index in [1.807, 2.05) is 26.1 Å². The van der Waals surface area contributed by atoms with E-state index in [9.17, 15) is 4.79 Å². The van der Waals surface area contributed by atoms with Crippen LogP contribution in [0.2, 0.25) is 0 Å². The van der Waals surface area contributed by atoms with Crippen molar-refractivity contribution in [3.05, 3.63) is 39.6 Å². The monoisotopic (exact) mass is 297 g/mol. The molecular weight excluding hydrogens is 274 g/mol. The summed E-state index contributed by atoms with van der Waals surface area (Å²) in [5.41, 5.74) is 3.97. The summed E-state index contributed by atoms with van der Waals surface area (Å²) in [6.45, 7) is 10.5. The Morgan fingerprint density at radius 3 is 2.41 bits per heavy atom. The molecular formula is C18H23N3O. The van der Waals surface area contributed by atoms with Crippen LogP contribution in [0, 0.1) is 6.92 Å². The molecule has 4 nitrogen and oxygen atoms in total. The van der Waals surface area contributed by atoms with Crippen molar-refractivity contribution >= 4 is 21.8 Å². The molecule has 0 atom stereocenters. The van der Waals surface area contributed by atoms with Crippen LogP contribution in [0.25, 0.3) is 21.8 Å². The van der Waals surface area contributed by atoms with E-state index in [1.165, 1.54) is 5.56 Å². The number of aromatic nitrogens is 3. The van der Waals surface area contributed by atoms with E-state index in [2.05, 4.69) is 37.2 Å². The molecule has 116 valence electrons. The van der Waals surface area contributed by atoms with Crippen molar-refractivity contribution < 1.29 is 0 Å². The summed E-state index contributed by atoms with van der Waals surface area (Å²) in [5, 5.41) is 1.80. The van der Waals surface area contributed by atoms with E-state index in [1.54, 1.807) is 0 Å². The van der Waals surface area contributed by atoms with Crippen LogP contribution in [0.4, 0.5) is 0 Å². The maximum Gasteiger partial charge on any atom is 0.258 e. The Balaban J connectivity index is 2.57.